The zero-order chi connectivity index (χ0) is 17.5. The molecule has 0 bridgehead atoms. The van der Waals surface area contributed by atoms with Crippen molar-refractivity contribution in [3.05, 3.63) is 63.6 Å². The first-order valence-electron chi connectivity index (χ1n) is 6.86. The largest absolute Gasteiger partial charge is 0.467 e. The van der Waals surface area contributed by atoms with Gasteiger partial charge in [-0.25, -0.2) is 5.43 Å². The number of furan rings is 1. The van der Waals surface area contributed by atoms with Crippen LogP contribution in [0.3, 0.4) is 0 Å². The summed E-state index contributed by atoms with van der Waals surface area (Å²) < 4.78 is 5.01. The molecule has 9 heteroatoms. The van der Waals surface area contributed by atoms with Crippen molar-refractivity contribution in [2.45, 2.75) is 13.5 Å². The molecule has 0 atom stereocenters. The van der Waals surface area contributed by atoms with Crippen LogP contribution in [0.15, 0.2) is 46.1 Å². The number of nitrogens with one attached hydrogen (secondary N) is 2. The quantitative estimate of drug-likeness (QED) is 0.369. The highest BCUT2D eigenvalue weighted by Gasteiger charge is 2.13. The molecular formula is C15H14N4O5. The number of nitrogens with zero attached hydrogens (tertiary/aromatic N) is 2. The minimum absolute atomic E-state index is 0.0542. The maximum Gasteiger partial charge on any atom is 0.329 e. The van der Waals surface area contributed by atoms with Gasteiger partial charge in [0, 0.05) is 17.2 Å². The number of amides is 2. The normalized spacial score (nSPS) is 10.5. The maximum absolute atomic E-state index is 11.5. The minimum atomic E-state index is -0.959. The van der Waals surface area contributed by atoms with Crippen LogP contribution in [-0.4, -0.2) is 23.0 Å². The Labute approximate surface area is 136 Å². The molecule has 0 radical (unpaired) electrons. The highest BCUT2D eigenvalue weighted by molar-refractivity contribution is 6.35. The van der Waals surface area contributed by atoms with Gasteiger partial charge in [-0.15, -0.1) is 0 Å². The zero-order valence-corrected chi connectivity index (χ0v) is 12.7. The van der Waals surface area contributed by atoms with Crippen LogP contribution in [0.4, 0.5) is 5.69 Å². The van der Waals surface area contributed by atoms with E-state index in [9.17, 15) is 19.7 Å². The van der Waals surface area contributed by atoms with Crippen molar-refractivity contribution in [3.8, 4) is 0 Å². The van der Waals surface area contributed by atoms with E-state index in [1.807, 2.05) is 5.43 Å². The number of nitro benzene ring substituents is 1. The summed E-state index contributed by atoms with van der Waals surface area (Å²) in [6, 6.07) is 7.81. The maximum atomic E-state index is 11.5. The number of carbonyl (C=O) groups is 2. The zero-order valence-electron chi connectivity index (χ0n) is 12.7. The van der Waals surface area contributed by atoms with E-state index in [0.717, 1.165) is 0 Å². The number of benzene rings is 1. The lowest BCUT2D eigenvalue weighted by atomic mass is 10.1. The second-order valence-electron chi connectivity index (χ2n) is 4.76. The lowest BCUT2D eigenvalue weighted by Crippen LogP contribution is -2.37. The van der Waals surface area contributed by atoms with Crippen LogP contribution in [0.2, 0.25) is 0 Å². The predicted molar refractivity (Wildman–Crippen MR) is 84.1 cm³/mol. The Kier molecular flexibility index (Phi) is 5.40. The van der Waals surface area contributed by atoms with Gasteiger partial charge in [-0.3, -0.25) is 19.7 Å². The molecule has 0 aliphatic heterocycles. The van der Waals surface area contributed by atoms with Crippen molar-refractivity contribution in [1.29, 1.82) is 0 Å². The Balaban J connectivity index is 1.88. The summed E-state index contributed by atoms with van der Waals surface area (Å²) >= 11 is 0. The van der Waals surface area contributed by atoms with Gasteiger partial charge in [0.2, 0.25) is 0 Å². The van der Waals surface area contributed by atoms with Crippen LogP contribution in [0, 0.1) is 17.0 Å². The highest BCUT2D eigenvalue weighted by Crippen LogP contribution is 2.18. The fourth-order valence-electron chi connectivity index (χ4n) is 1.78. The molecule has 0 saturated carbocycles. The van der Waals surface area contributed by atoms with Crippen LogP contribution in [-0.2, 0) is 16.1 Å². The van der Waals surface area contributed by atoms with E-state index in [4.69, 9.17) is 4.42 Å². The smallest absolute Gasteiger partial charge is 0.329 e. The molecule has 2 amide bonds. The van der Waals surface area contributed by atoms with Crippen molar-refractivity contribution in [1.82, 2.24) is 10.7 Å². The molecule has 2 N–H and O–H groups in total. The lowest BCUT2D eigenvalue weighted by molar-refractivity contribution is -0.385. The van der Waals surface area contributed by atoms with Crippen LogP contribution in [0.5, 0.6) is 0 Å². The molecule has 1 heterocycles. The second-order valence-corrected chi connectivity index (χ2v) is 4.76. The molecule has 0 aliphatic carbocycles. The molecule has 1 aromatic heterocycles. The Bertz CT molecular complexity index is 783. The average molecular weight is 330 g/mol. The highest BCUT2D eigenvalue weighted by atomic mass is 16.6. The third kappa shape index (κ3) is 4.50. The fourth-order valence-corrected chi connectivity index (χ4v) is 1.78. The first-order chi connectivity index (χ1) is 11.5. The van der Waals surface area contributed by atoms with E-state index in [-0.39, 0.29) is 12.2 Å². The summed E-state index contributed by atoms with van der Waals surface area (Å²) in [6.07, 6.45) is 2.66. The first kappa shape index (κ1) is 16.9. The molecule has 0 fully saturated rings. The second kappa shape index (κ2) is 7.68. The standard InChI is InChI=1S/C15H14N4O5/c1-10-4-5-11(7-13(10)19(22)23)8-17-18-15(21)14(20)16-9-12-3-2-6-24-12/h2-8H,9H2,1H3,(H,16,20)(H,18,21)/b17-8-. The molecule has 24 heavy (non-hydrogen) atoms. The van der Waals surface area contributed by atoms with Gasteiger partial charge in [-0.2, -0.15) is 5.10 Å². The summed E-state index contributed by atoms with van der Waals surface area (Å²) in [7, 11) is 0. The number of hydrogen-bond donors (Lipinski definition) is 2. The number of hydrazone groups is 1. The van der Waals surface area contributed by atoms with Crippen molar-refractivity contribution in [2.75, 3.05) is 0 Å². The number of carbonyl (C=O) groups excluding carboxylic acids is 2. The van der Waals surface area contributed by atoms with Gasteiger partial charge in [0.15, 0.2) is 0 Å². The average Bonchev–Trinajstić information content (AvgIpc) is 3.07. The molecule has 124 valence electrons. The van der Waals surface area contributed by atoms with E-state index in [1.54, 1.807) is 31.2 Å². The monoisotopic (exact) mass is 330 g/mol. The predicted octanol–water partition coefficient (Wildman–Crippen LogP) is 1.26. The molecule has 0 unspecified atom stereocenters. The molecule has 0 aliphatic rings. The van der Waals surface area contributed by atoms with Crippen LogP contribution in [0.25, 0.3) is 0 Å². The fraction of sp³-hybridized carbons (Fsp3) is 0.133. The topological polar surface area (TPSA) is 127 Å². The van der Waals surface area contributed by atoms with Crippen molar-refractivity contribution >= 4 is 23.7 Å². The van der Waals surface area contributed by atoms with Crippen LogP contribution < -0.4 is 10.7 Å². The molecular weight excluding hydrogens is 316 g/mol. The van der Waals surface area contributed by atoms with Gasteiger partial charge in [0.05, 0.1) is 23.9 Å². The minimum Gasteiger partial charge on any atom is -0.467 e. The first-order valence-corrected chi connectivity index (χ1v) is 6.86. The molecule has 9 nitrogen and oxygen atoms in total. The Morgan fingerprint density at radius 2 is 2.12 bits per heavy atom. The number of hydrogen-bond acceptors (Lipinski definition) is 6. The summed E-state index contributed by atoms with van der Waals surface area (Å²) in [5.41, 5.74) is 2.92. The Hall–Kier alpha value is -3.49. The third-order valence-electron chi connectivity index (χ3n) is 3.02. The number of aryl methyl sites for hydroxylation is 1. The number of rotatable bonds is 5. The van der Waals surface area contributed by atoms with Crippen molar-refractivity contribution in [3.63, 3.8) is 0 Å². The summed E-state index contributed by atoms with van der Waals surface area (Å²) in [6.45, 7) is 1.69. The summed E-state index contributed by atoms with van der Waals surface area (Å²) in [4.78, 5) is 33.4. The van der Waals surface area contributed by atoms with Gasteiger partial charge < -0.3 is 9.73 Å². The van der Waals surface area contributed by atoms with Crippen LogP contribution in [0.1, 0.15) is 16.9 Å². The molecule has 1 aromatic carbocycles. The van der Waals surface area contributed by atoms with E-state index in [2.05, 4.69) is 10.4 Å². The van der Waals surface area contributed by atoms with E-state index in [0.29, 0.717) is 16.9 Å². The van der Waals surface area contributed by atoms with Gasteiger partial charge >= 0.3 is 11.8 Å². The van der Waals surface area contributed by atoms with Gasteiger partial charge in [0.1, 0.15) is 5.76 Å². The SMILES string of the molecule is Cc1ccc(/C=N\NC(=O)C(=O)NCc2ccco2)cc1[N+](=O)[O-]. The molecule has 2 rings (SSSR count). The Morgan fingerprint density at radius 3 is 2.79 bits per heavy atom. The molecule has 2 aromatic rings. The van der Waals surface area contributed by atoms with Crippen molar-refractivity contribution in [2.24, 2.45) is 5.10 Å². The summed E-state index contributed by atoms with van der Waals surface area (Å²) in [5, 5.41) is 16.8. The molecule has 0 spiro atoms. The van der Waals surface area contributed by atoms with Gasteiger partial charge in [-0.1, -0.05) is 12.1 Å². The van der Waals surface area contributed by atoms with E-state index >= 15 is 0 Å². The van der Waals surface area contributed by atoms with Gasteiger partial charge in [-0.05, 0) is 19.1 Å². The van der Waals surface area contributed by atoms with E-state index < -0.39 is 16.7 Å². The Morgan fingerprint density at radius 1 is 1.33 bits per heavy atom. The van der Waals surface area contributed by atoms with E-state index in [1.165, 1.54) is 18.5 Å². The third-order valence-corrected chi connectivity index (χ3v) is 3.02. The molecule has 0 saturated heterocycles. The lowest BCUT2D eigenvalue weighted by Gasteiger charge is -2.01. The summed E-state index contributed by atoms with van der Waals surface area (Å²) in [5.74, 6) is -1.33. The van der Waals surface area contributed by atoms with Crippen LogP contribution >= 0.6 is 0 Å². The number of nitro groups is 1. The van der Waals surface area contributed by atoms with Gasteiger partial charge in [0.25, 0.3) is 5.69 Å². The van der Waals surface area contributed by atoms with Crippen molar-refractivity contribution < 1.29 is 18.9 Å².